The predicted octanol–water partition coefficient (Wildman–Crippen LogP) is 2.21. The maximum absolute atomic E-state index is 12.9. The summed E-state index contributed by atoms with van der Waals surface area (Å²) in [4.78, 5) is 12.9. The summed E-state index contributed by atoms with van der Waals surface area (Å²) >= 11 is 0. The second kappa shape index (κ2) is 5.24. The zero-order valence-electron chi connectivity index (χ0n) is 13.7. The molecule has 1 heterocycles. The number of nitrogens with two attached hydrogens (primary N) is 1. The van der Waals surface area contributed by atoms with Crippen LogP contribution >= 0.6 is 0 Å². The number of rotatable bonds is 3. The van der Waals surface area contributed by atoms with Crippen molar-refractivity contribution in [3.63, 3.8) is 0 Å². The van der Waals surface area contributed by atoms with Gasteiger partial charge in [-0.2, -0.15) is 0 Å². The highest BCUT2D eigenvalue weighted by molar-refractivity contribution is 5.89. The minimum Gasteiger partial charge on any atom is -0.377 e. The molecule has 2 saturated carbocycles. The fourth-order valence-corrected chi connectivity index (χ4v) is 4.94. The zero-order valence-corrected chi connectivity index (χ0v) is 13.7. The average molecular weight is 294 g/mol. The maximum Gasteiger partial charge on any atom is 0.241 e. The number of fused-ring (bicyclic) bond motifs is 1. The van der Waals surface area contributed by atoms with Gasteiger partial charge < -0.3 is 15.8 Å². The van der Waals surface area contributed by atoms with Crippen molar-refractivity contribution in [2.45, 2.75) is 77.0 Å². The molecule has 0 radical (unpaired) electrons. The summed E-state index contributed by atoms with van der Waals surface area (Å²) in [5.74, 6) is 0.842. The van der Waals surface area contributed by atoms with E-state index in [1.54, 1.807) is 0 Å². The number of nitrogens with one attached hydrogen (secondary N) is 1. The van der Waals surface area contributed by atoms with Crippen LogP contribution in [-0.2, 0) is 9.53 Å². The van der Waals surface area contributed by atoms with Crippen LogP contribution in [0.1, 0.15) is 59.3 Å². The van der Waals surface area contributed by atoms with E-state index in [0.717, 1.165) is 19.4 Å². The molecule has 0 aromatic carbocycles. The molecule has 0 aromatic rings. The lowest BCUT2D eigenvalue weighted by atomic mass is 9.46. The van der Waals surface area contributed by atoms with Crippen LogP contribution in [0.4, 0.5) is 0 Å². The molecule has 1 amide bonds. The molecule has 4 atom stereocenters. The molecule has 0 aromatic heterocycles. The third kappa shape index (κ3) is 2.14. The third-order valence-corrected chi connectivity index (χ3v) is 6.53. The predicted molar refractivity (Wildman–Crippen MR) is 82.7 cm³/mol. The lowest BCUT2D eigenvalue weighted by Crippen LogP contribution is -2.82. The smallest absolute Gasteiger partial charge is 0.241 e. The number of ether oxygens (including phenoxy) is 1. The van der Waals surface area contributed by atoms with Crippen molar-refractivity contribution in [2.75, 3.05) is 6.61 Å². The number of amides is 1. The molecule has 3 N–H and O–H groups in total. The van der Waals surface area contributed by atoms with E-state index in [1.807, 2.05) is 0 Å². The second-order valence-electron chi connectivity index (χ2n) is 7.94. The summed E-state index contributed by atoms with van der Waals surface area (Å²) in [6, 6.07) is 0.236. The normalized spacial score (nSPS) is 40.2. The Morgan fingerprint density at radius 2 is 1.90 bits per heavy atom. The molecule has 120 valence electrons. The first-order valence-corrected chi connectivity index (χ1v) is 8.60. The molecule has 3 unspecified atom stereocenters. The number of hydrogen-bond acceptors (Lipinski definition) is 3. The monoisotopic (exact) mass is 294 g/mol. The Hall–Kier alpha value is -0.610. The van der Waals surface area contributed by atoms with E-state index in [0.29, 0.717) is 5.92 Å². The van der Waals surface area contributed by atoms with E-state index in [-0.39, 0.29) is 29.4 Å². The molecule has 21 heavy (non-hydrogen) atoms. The van der Waals surface area contributed by atoms with Gasteiger partial charge in [0.2, 0.25) is 5.91 Å². The minimum atomic E-state index is -0.773. The van der Waals surface area contributed by atoms with Crippen LogP contribution in [-0.4, -0.2) is 30.2 Å². The van der Waals surface area contributed by atoms with E-state index in [1.165, 1.54) is 25.7 Å². The lowest BCUT2D eigenvalue weighted by molar-refractivity contribution is -0.225. The Bertz CT molecular complexity index is 417. The molecule has 4 heteroatoms. The van der Waals surface area contributed by atoms with Crippen molar-refractivity contribution >= 4 is 5.91 Å². The Balaban J connectivity index is 1.70. The Labute approximate surface area is 128 Å². The largest absolute Gasteiger partial charge is 0.377 e. The SMILES string of the molecule is C[C@H](NC(=O)C1(N)C2CCCOC2C1(C)C)C1CCCC1. The Morgan fingerprint density at radius 3 is 2.57 bits per heavy atom. The van der Waals surface area contributed by atoms with Crippen LogP contribution < -0.4 is 11.1 Å². The van der Waals surface area contributed by atoms with Crippen LogP contribution in [0.15, 0.2) is 0 Å². The molecule has 4 nitrogen and oxygen atoms in total. The first kappa shape index (κ1) is 15.3. The Kier molecular flexibility index (Phi) is 3.81. The molecule has 3 rings (SSSR count). The highest BCUT2D eigenvalue weighted by Gasteiger charge is 2.70. The zero-order chi connectivity index (χ0) is 15.3. The van der Waals surface area contributed by atoms with Crippen LogP contribution in [0.25, 0.3) is 0 Å². The van der Waals surface area contributed by atoms with Gasteiger partial charge in [0, 0.05) is 24.0 Å². The quantitative estimate of drug-likeness (QED) is 0.839. The maximum atomic E-state index is 12.9. The van der Waals surface area contributed by atoms with E-state index in [4.69, 9.17) is 10.5 Å². The number of carbonyl (C=O) groups is 1. The lowest BCUT2D eigenvalue weighted by Gasteiger charge is -2.65. The summed E-state index contributed by atoms with van der Waals surface area (Å²) in [7, 11) is 0. The van der Waals surface area contributed by atoms with Gasteiger partial charge in [-0.3, -0.25) is 4.79 Å². The minimum absolute atomic E-state index is 0.0404. The molecular formula is C17H30N2O2. The molecular weight excluding hydrogens is 264 g/mol. The topological polar surface area (TPSA) is 64.4 Å². The van der Waals surface area contributed by atoms with Gasteiger partial charge in [0.1, 0.15) is 5.54 Å². The average Bonchev–Trinajstić information content (AvgIpc) is 3.00. The highest BCUT2D eigenvalue weighted by atomic mass is 16.5. The standard InChI is InChI=1S/C17H30N2O2/c1-11(12-7-4-5-8-12)19-15(20)17(18)13-9-6-10-21-14(13)16(17,2)3/h11-14H,4-10,18H2,1-3H3,(H,19,20)/t11-,13?,14?,17?/m0/s1. The van der Waals surface area contributed by atoms with Gasteiger partial charge in [-0.05, 0) is 38.5 Å². The second-order valence-corrected chi connectivity index (χ2v) is 7.94. The molecule has 2 aliphatic carbocycles. The molecule has 3 aliphatic rings. The number of carbonyl (C=O) groups excluding carboxylic acids is 1. The van der Waals surface area contributed by atoms with Crippen LogP contribution in [0.2, 0.25) is 0 Å². The van der Waals surface area contributed by atoms with Crippen molar-refractivity contribution in [3.05, 3.63) is 0 Å². The van der Waals surface area contributed by atoms with Gasteiger partial charge in [-0.15, -0.1) is 0 Å². The fourth-order valence-electron chi connectivity index (χ4n) is 4.94. The van der Waals surface area contributed by atoms with E-state index in [9.17, 15) is 4.79 Å². The van der Waals surface area contributed by atoms with E-state index < -0.39 is 5.54 Å². The molecule has 1 saturated heterocycles. The van der Waals surface area contributed by atoms with Gasteiger partial charge >= 0.3 is 0 Å². The Morgan fingerprint density at radius 1 is 1.24 bits per heavy atom. The van der Waals surface area contributed by atoms with Crippen molar-refractivity contribution in [2.24, 2.45) is 23.0 Å². The highest BCUT2D eigenvalue weighted by Crippen LogP contribution is 2.57. The van der Waals surface area contributed by atoms with Gasteiger partial charge in [0.05, 0.1) is 6.10 Å². The van der Waals surface area contributed by atoms with E-state index >= 15 is 0 Å². The summed E-state index contributed by atoms with van der Waals surface area (Å²) in [5, 5.41) is 3.23. The van der Waals surface area contributed by atoms with Gasteiger partial charge in [0.15, 0.2) is 0 Å². The van der Waals surface area contributed by atoms with Gasteiger partial charge in [0.25, 0.3) is 0 Å². The molecule has 1 aliphatic heterocycles. The summed E-state index contributed by atoms with van der Waals surface area (Å²) < 4.78 is 5.88. The van der Waals surface area contributed by atoms with Crippen LogP contribution in [0.5, 0.6) is 0 Å². The van der Waals surface area contributed by atoms with Crippen molar-refractivity contribution in [3.8, 4) is 0 Å². The molecule has 0 bridgehead atoms. The van der Waals surface area contributed by atoms with E-state index in [2.05, 4.69) is 26.1 Å². The fraction of sp³-hybridized carbons (Fsp3) is 0.941. The van der Waals surface area contributed by atoms with Gasteiger partial charge in [-0.25, -0.2) is 0 Å². The van der Waals surface area contributed by atoms with Crippen LogP contribution in [0.3, 0.4) is 0 Å². The molecule has 3 fully saturated rings. The van der Waals surface area contributed by atoms with Crippen molar-refractivity contribution < 1.29 is 9.53 Å². The first-order valence-electron chi connectivity index (χ1n) is 8.60. The van der Waals surface area contributed by atoms with Gasteiger partial charge in [-0.1, -0.05) is 26.7 Å². The number of hydrogen-bond donors (Lipinski definition) is 2. The first-order chi connectivity index (χ1) is 9.89. The van der Waals surface area contributed by atoms with Crippen molar-refractivity contribution in [1.29, 1.82) is 0 Å². The summed E-state index contributed by atoms with van der Waals surface area (Å²) in [6.45, 7) is 7.11. The van der Waals surface area contributed by atoms with Crippen LogP contribution in [0, 0.1) is 17.3 Å². The molecule has 0 spiro atoms. The van der Waals surface area contributed by atoms with Crippen molar-refractivity contribution in [1.82, 2.24) is 5.32 Å². The third-order valence-electron chi connectivity index (χ3n) is 6.53. The summed E-state index contributed by atoms with van der Waals surface area (Å²) in [6.07, 6.45) is 7.22. The summed E-state index contributed by atoms with van der Waals surface area (Å²) in [5.41, 5.74) is 5.58.